The summed E-state index contributed by atoms with van der Waals surface area (Å²) in [6.07, 6.45) is 0.324. The van der Waals surface area contributed by atoms with Crippen LogP contribution in [0.15, 0.2) is 12.1 Å². The van der Waals surface area contributed by atoms with E-state index in [9.17, 15) is 9.18 Å². The fourth-order valence-corrected chi connectivity index (χ4v) is 1.81. The molecule has 0 bridgehead atoms. The second kappa shape index (κ2) is 6.92. The molecule has 2 N–H and O–H groups in total. The van der Waals surface area contributed by atoms with Gasteiger partial charge in [-0.05, 0) is 12.1 Å². The van der Waals surface area contributed by atoms with Crippen molar-refractivity contribution >= 4 is 34.8 Å². The number of anilines is 1. The summed E-state index contributed by atoms with van der Waals surface area (Å²) in [5, 5.41) is 5.51. The lowest BCUT2D eigenvalue weighted by Gasteiger charge is -2.09. The van der Waals surface area contributed by atoms with Gasteiger partial charge >= 0.3 is 0 Å². The number of benzene rings is 1. The number of halogens is 3. The van der Waals surface area contributed by atoms with Crippen LogP contribution in [0.3, 0.4) is 0 Å². The SMILES string of the molecule is CC(C)NCCC(=O)Nc1cc(Cl)c(F)c(Cl)c1. The largest absolute Gasteiger partial charge is 0.326 e. The summed E-state index contributed by atoms with van der Waals surface area (Å²) in [5.41, 5.74) is 0.390. The number of hydrogen-bond acceptors (Lipinski definition) is 2. The van der Waals surface area contributed by atoms with Gasteiger partial charge in [0, 0.05) is 24.7 Å². The molecule has 0 aliphatic rings. The molecular weight excluding hydrogens is 278 g/mol. The lowest BCUT2D eigenvalue weighted by molar-refractivity contribution is -0.116. The maximum Gasteiger partial charge on any atom is 0.225 e. The Morgan fingerprint density at radius 3 is 2.39 bits per heavy atom. The molecule has 1 aromatic rings. The van der Waals surface area contributed by atoms with Gasteiger partial charge < -0.3 is 10.6 Å². The Morgan fingerprint density at radius 1 is 1.33 bits per heavy atom. The Morgan fingerprint density at radius 2 is 1.89 bits per heavy atom. The third kappa shape index (κ3) is 4.80. The standard InChI is InChI=1S/C12H15Cl2FN2O/c1-7(2)16-4-3-11(18)17-8-5-9(13)12(15)10(14)6-8/h5-7,16H,3-4H2,1-2H3,(H,17,18). The van der Waals surface area contributed by atoms with Gasteiger partial charge in [0.05, 0.1) is 10.0 Å². The molecule has 0 unspecified atom stereocenters. The summed E-state index contributed by atoms with van der Waals surface area (Å²) in [6.45, 7) is 4.57. The zero-order valence-electron chi connectivity index (χ0n) is 10.2. The third-order valence-corrected chi connectivity index (χ3v) is 2.72. The van der Waals surface area contributed by atoms with Crippen LogP contribution in [0.2, 0.25) is 10.0 Å². The van der Waals surface area contributed by atoms with Gasteiger partial charge in [0.2, 0.25) is 5.91 Å². The first-order valence-electron chi connectivity index (χ1n) is 5.58. The van der Waals surface area contributed by atoms with Crippen LogP contribution in [0, 0.1) is 5.82 Å². The fraction of sp³-hybridized carbons (Fsp3) is 0.417. The van der Waals surface area contributed by atoms with E-state index < -0.39 is 5.82 Å². The van der Waals surface area contributed by atoms with E-state index in [-0.39, 0.29) is 16.0 Å². The van der Waals surface area contributed by atoms with Crippen molar-refractivity contribution in [1.82, 2.24) is 5.32 Å². The Balaban J connectivity index is 2.54. The summed E-state index contributed by atoms with van der Waals surface area (Å²) in [5.74, 6) is -0.861. The van der Waals surface area contributed by atoms with Crippen LogP contribution in [0.5, 0.6) is 0 Å². The molecule has 1 rings (SSSR count). The molecule has 3 nitrogen and oxygen atoms in total. The fourth-order valence-electron chi connectivity index (χ4n) is 1.33. The molecule has 0 saturated heterocycles. The zero-order chi connectivity index (χ0) is 13.7. The molecule has 1 amide bonds. The van der Waals surface area contributed by atoms with Gasteiger partial charge in [-0.1, -0.05) is 37.0 Å². The number of carbonyl (C=O) groups is 1. The van der Waals surface area contributed by atoms with Crippen LogP contribution in [0.25, 0.3) is 0 Å². The van der Waals surface area contributed by atoms with Gasteiger partial charge in [-0.2, -0.15) is 0 Å². The Bertz CT molecular complexity index is 415. The Hall–Kier alpha value is -0.840. The van der Waals surface area contributed by atoms with Crippen molar-refractivity contribution in [3.8, 4) is 0 Å². The minimum atomic E-state index is -0.683. The van der Waals surface area contributed by atoms with Crippen molar-refractivity contribution in [1.29, 1.82) is 0 Å². The predicted molar refractivity (Wildman–Crippen MR) is 72.8 cm³/mol. The monoisotopic (exact) mass is 292 g/mol. The van der Waals surface area contributed by atoms with Gasteiger partial charge in [0.15, 0.2) is 5.82 Å². The quantitative estimate of drug-likeness (QED) is 0.816. The normalized spacial score (nSPS) is 10.8. The first kappa shape index (κ1) is 15.2. The predicted octanol–water partition coefficient (Wildman–Crippen LogP) is 3.46. The Labute approximate surface area is 116 Å². The molecule has 0 saturated carbocycles. The number of rotatable bonds is 5. The van der Waals surface area contributed by atoms with Crippen LogP contribution in [-0.2, 0) is 4.79 Å². The van der Waals surface area contributed by atoms with E-state index in [2.05, 4.69) is 10.6 Å². The molecule has 0 aromatic heterocycles. The smallest absolute Gasteiger partial charge is 0.225 e. The average molecular weight is 293 g/mol. The molecule has 0 aliphatic carbocycles. The van der Waals surface area contributed by atoms with Crippen molar-refractivity contribution in [2.24, 2.45) is 0 Å². The molecule has 6 heteroatoms. The summed E-state index contributed by atoms with van der Waals surface area (Å²) < 4.78 is 13.2. The van der Waals surface area contributed by atoms with Crippen molar-refractivity contribution in [3.05, 3.63) is 28.0 Å². The number of hydrogen-bond donors (Lipinski definition) is 2. The molecule has 0 aliphatic heterocycles. The lowest BCUT2D eigenvalue weighted by atomic mass is 10.3. The molecule has 1 aromatic carbocycles. The molecule has 0 fully saturated rings. The molecule has 0 heterocycles. The first-order chi connectivity index (χ1) is 8.40. The molecule has 0 spiro atoms. The summed E-state index contributed by atoms with van der Waals surface area (Å²) in [7, 11) is 0. The van der Waals surface area contributed by atoms with E-state index in [0.29, 0.717) is 24.7 Å². The number of nitrogens with one attached hydrogen (secondary N) is 2. The van der Waals surface area contributed by atoms with Gasteiger partial charge in [-0.15, -0.1) is 0 Å². The van der Waals surface area contributed by atoms with E-state index in [1.807, 2.05) is 13.8 Å². The first-order valence-corrected chi connectivity index (χ1v) is 6.33. The molecule has 100 valence electrons. The highest BCUT2D eigenvalue weighted by Gasteiger charge is 2.09. The molecule has 0 atom stereocenters. The number of carbonyl (C=O) groups excluding carboxylic acids is 1. The summed E-state index contributed by atoms with van der Waals surface area (Å²) >= 11 is 11.3. The van der Waals surface area contributed by atoms with Crippen LogP contribution in [0.4, 0.5) is 10.1 Å². The molecule has 18 heavy (non-hydrogen) atoms. The molecular formula is C12H15Cl2FN2O. The van der Waals surface area contributed by atoms with E-state index in [1.54, 1.807) is 0 Å². The number of amides is 1. The van der Waals surface area contributed by atoms with Crippen molar-refractivity contribution in [2.45, 2.75) is 26.3 Å². The Kier molecular flexibility index (Phi) is 5.85. The zero-order valence-corrected chi connectivity index (χ0v) is 11.7. The maximum atomic E-state index is 13.2. The van der Waals surface area contributed by atoms with Gasteiger partial charge in [0.25, 0.3) is 0 Å². The highest BCUT2D eigenvalue weighted by atomic mass is 35.5. The van der Waals surface area contributed by atoms with Crippen molar-refractivity contribution in [2.75, 3.05) is 11.9 Å². The van der Waals surface area contributed by atoms with Crippen LogP contribution in [-0.4, -0.2) is 18.5 Å². The minimum Gasteiger partial charge on any atom is -0.326 e. The summed E-state index contributed by atoms with van der Waals surface area (Å²) in [6, 6.07) is 2.99. The minimum absolute atomic E-state index is 0.113. The second-order valence-electron chi connectivity index (χ2n) is 4.16. The van der Waals surface area contributed by atoms with Gasteiger partial charge in [0.1, 0.15) is 0 Å². The summed E-state index contributed by atoms with van der Waals surface area (Å²) in [4.78, 5) is 11.6. The van der Waals surface area contributed by atoms with Crippen LogP contribution < -0.4 is 10.6 Å². The highest BCUT2D eigenvalue weighted by Crippen LogP contribution is 2.27. The van der Waals surface area contributed by atoms with Gasteiger partial charge in [-0.25, -0.2) is 4.39 Å². The highest BCUT2D eigenvalue weighted by molar-refractivity contribution is 6.35. The lowest BCUT2D eigenvalue weighted by Crippen LogP contribution is -2.27. The maximum absolute atomic E-state index is 13.2. The van der Waals surface area contributed by atoms with E-state index in [1.165, 1.54) is 12.1 Å². The average Bonchev–Trinajstić information content (AvgIpc) is 2.25. The van der Waals surface area contributed by atoms with Crippen LogP contribution >= 0.6 is 23.2 Å². The second-order valence-corrected chi connectivity index (χ2v) is 4.98. The van der Waals surface area contributed by atoms with E-state index in [0.717, 1.165) is 0 Å². The molecule has 0 radical (unpaired) electrons. The topological polar surface area (TPSA) is 41.1 Å². The van der Waals surface area contributed by atoms with E-state index >= 15 is 0 Å². The van der Waals surface area contributed by atoms with Crippen molar-refractivity contribution < 1.29 is 9.18 Å². The third-order valence-electron chi connectivity index (χ3n) is 2.17. The van der Waals surface area contributed by atoms with Gasteiger partial charge in [-0.3, -0.25) is 4.79 Å². The van der Waals surface area contributed by atoms with Crippen molar-refractivity contribution in [3.63, 3.8) is 0 Å². The van der Waals surface area contributed by atoms with E-state index in [4.69, 9.17) is 23.2 Å². The van der Waals surface area contributed by atoms with Crippen LogP contribution in [0.1, 0.15) is 20.3 Å².